The van der Waals surface area contributed by atoms with Crippen molar-refractivity contribution >= 4 is 28.7 Å². The molecule has 2 rings (SSSR count). The quantitative estimate of drug-likeness (QED) is 0.917. The Labute approximate surface area is 139 Å². The molecule has 2 atom stereocenters. The van der Waals surface area contributed by atoms with Crippen molar-refractivity contribution in [2.24, 2.45) is 0 Å². The second-order valence-electron chi connectivity index (χ2n) is 5.47. The molecule has 0 saturated carbocycles. The van der Waals surface area contributed by atoms with E-state index in [2.05, 4.69) is 15.3 Å². The van der Waals surface area contributed by atoms with E-state index in [1.807, 2.05) is 47.0 Å². The van der Waals surface area contributed by atoms with Crippen LogP contribution in [0.15, 0.2) is 5.38 Å². The van der Waals surface area contributed by atoms with Gasteiger partial charge in [-0.05, 0) is 34.6 Å². The average Bonchev–Trinajstić information content (AvgIpc) is 3.02. The van der Waals surface area contributed by atoms with Crippen LogP contribution in [0, 0.1) is 20.8 Å². The Balaban J connectivity index is 2.04. The van der Waals surface area contributed by atoms with Gasteiger partial charge in [-0.1, -0.05) is 0 Å². The van der Waals surface area contributed by atoms with Crippen LogP contribution in [-0.2, 0) is 0 Å². The molecule has 2 aromatic heterocycles. The molecule has 0 saturated heterocycles. The topological polar surface area (TPSA) is 58.1 Å². The predicted molar refractivity (Wildman–Crippen MR) is 91.6 cm³/mol. The first-order valence-corrected chi connectivity index (χ1v) is 8.88. The molecule has 0 aromatic carbocycles. The maximum Gasteiger partial charge on any atom is 0.318 e. The summed E-state index contributed by atoms with van der Waals surface area (Å²) >= 11 is 3.21. The summed E-state index contributed by atoms with van der Waals surface area (Å²) < 4.78 is 0. The third-order valence-corrected chi connectivity index (χ3v) is 5.96. The number of thiazole rings is 2. The van der Waals surface area contributed by atoms with Gasteiger partial charge < -0.3 is 10.2 Å². The molecule has 0 aliphatic heterocycles. The van der Waals surface area contributed by atoms with Crippen LogP contribution in [0.4, 0.5) is 4.79 Å². The van der Waals surface area contributed by atoms with Gasteiger partial charge in [0.2, 0.25) is 0 Å². The van der Waals surface area contributed by atoms with Gasteiger partial charge in [-0.25, -0.2) is 14.8 Å². The van der Waals surface area contributed by atoms with Gasteiger partial charge in [0.25, 0.3) is 0 Å². The zero-order chi connectivity index (χ0) is 16.4. The van der Waals surface area contributed by atoms with Crippen molar-refractivity contribution in [2.75, 3.05) is 7.05 Å². The highest BCUT2D eigenvalue weighted by atomic mass is 32.1. The smallest absolute Gasteiger partial charge is 0.318 e. The zero-order valence-electron chi connectivity index (χ0n) is 13.8. The lowest BCUT2D eigenvalue weighted by Crippen LogP contribution is -2.39. The number of hydrogen-bond acceptors (Lipinski definition) is 5. The van der Waals surface area contributed by atoms with Crippen molar-refractivity contribution in [3.05, 3.63) is 31.7 Å². The first-order valence-electron chi connectivity index (χ1n) is 7.19. The molecule has 5 nitrogen and oxygen atoms in total. The Morgan fingerprint density at radius 1 is 1.27 bits per heavy atom. The number of aromatic nitrogens is 2. The van der Waals surface area contributed by atoms with Crippen LogP contribution in [0.3, 0.4) is 0 Å². The molecule has 7 heteroatoms. The molecule has 0 spiro atoms. The van der Waals surface area contributed by atoms with E-state index < -0.39 is 0 Å². The third-order valence-electron chi connectivity index (χ3n) is 3.57. The lowest BCUT2D eigenvalue weighted by atomic mass is 10.2. The predicted octanol–water partition coefficient (Wildman–Crippen LogP) is 3.99. The van der Waals surface area contributed by atoms with Crippen LogP contribution in [0.1, 0.15) is 52.2 Å². The van der Waals surface area contributed by atoms with Gasteiger partial charge in [0.15, 0.2) is 0 Å². The molecule has 0 fully saturated rings. The Kier molecular flexibility index (Phi) is 5.18. The van der Waals surface area contributed by atoms with Gasteiger partial charge in [-0.3, -0.25) is 0 Å². The summed E-state index contributed by atoms with van der Waals surface area (Å²) in [6.45, 7) is 9.91. The molecule has 1 N–H and O–H groups in total. The maximum absolute atomic E-state index is 12.4. The van der Waals surface area contributed by atoms with Gasteiger partial charge in [0.05, 0.1) is 22.8 Å². The minimum Gasteiger partial charge on any atom is -0.329 e. The van der Waals surface area contributed by atoms with Gasteiger partial charge in [0, 0.05) is 23.0 Å². The van der Waals surface area contributed by atoms with Crippen molar-refractivity contribution in [2.45, 2.75) is 46.7 Å². The van der Waals surface area contributed by atoms with Crippen LogP contribution in [-0.4, -0.2) is 27.9 Å². The molecule has 2 unspecified atom stereocenters. The molecule has 2 aromatic rings. The second kappa shape index (κ2) is 6.75. The maximum atomic E-state index is 12.4. The molecular weight excluding hydrogens is 316 g/mol. The molecule has 2 heterocycles. The van der Waals surface area contributed by atoms with E-state index in [1.165, 1.54) is 0 Å². The fourth-order valence-electron chi connectivity index (χ4n) is 2.21. The SMILES string of the molecule is Cc1csc(C(C)NC(=O)N(C)C(C)c2sc(C)nc2C)n1. The van der Waals surface area contributed by atoms with Crippen molar-refractivity contribution in [3.8, 4) is 0 Å². The van der Waals surface area contributed by atoms with E-state index in [1.54, 1.807) is 27.6 Å². The van der Waals surface area contributed by atoms with E-state index in [9.17, 15) is 4.79 Å². The summed E-state index contributed by atoms with van der Waals surface area (Å²) in [7, 11) is 1.81. The molecule has 22 heavy (non-hydrogen) atoms. The summed E-state index contributed by atoms with van der Waals surface area (Å²) in [5.41, 5.74) is 1.98. The number of nitrogens with zero attached hydrogens (tertiary/aromatic N) is 3. The first kappa shape index (κ1) is 16.9. The van der Waals surface area contributed by atoms with E-state index in [0.29, 0.717) is 0 Å². The molecular formula is C15H22N4OS2. The van der Waals surface area contributed by atoms with Crippen LogP contribution >= 0.6 is 22.7 Å². The lowest BCUT2D eigenvalue weighted by Gasteiger charge is -2.26. The average molecular weight is 339 g/mol. The summed E-state index contributed by atoms with van der Waals surface area (Å²) in [5.74, 6) is 0. The highest BCUT2D eigenvalue weighted by molar-refractivity contribution is 7.11. The van der Waals surface area contributed by atoms with Crippen LogP contribution < -0.4 is 5.32 Å². The fourth-order valence-corrected chi connectivity index (χ4v) is 4.03. The molecule has 120 valence electrons. The second-order valence-corrected chi connectivity index (χ2v) is 7.59. The molecule has 0 radical (unpaired) electrons. The number of rotatable bonds is 4. The van der Waals surface area contributed by atoms with E-state index in [4.69, 9.17) is 0 Å². The number of amides is 2. The summed E-state index contributed by atoms with van der Waals surface area (Å²) in [6, 6.07) is -0.195. The van der Waals surface area contributed by atoms with Crippen molar-refractivity contribution in [3.63, 3.8) is 0 Å². The lowest BCUT2D eigenvalue weighted by molar-refractivity contribution is 0.191. The van der Waals surface area contributed by atoms with Gasteiger partial charge >= 0.3 is 6.03 Å². The minimum atomic E-state index is -0.0988. The molecule has 0 aliphatic rings. The van der Waals surface area contributed by atoms with Gasteiger partial charge in [0.1, 0.15) is 5.01 Å². The fraction of sp³-hybridized carbons (Fsp3) is 0.533. The van der Waals surface area contributed by atoms with E-state index in [-0.39, 0.29) is 18.1 Å². The normalized spacial score (nSPS) is 13.7. The first-order chi connectivity index (χ1) is 10.3. The van der Waals surface area contributed by atoms with Crippen LogP contribution in [0.25, 0.3) is 0 Å². The van der Waals surface area contributed by atoms with Crippen LogP contribution in [0.2, 0.25) is 0 Å². The Bertz CT molecular complexity index is 664. The van der Waals surface area contributed by atoms with Crippen molar-refractivity contribution in [1.29, 1.82) is 0 Å². The summed E-state index contributed by atoms with van der Waals surface area (Å²) in [5, 5.41) is 6.95. The van der Waals surface area contributed by atoms with Crippen molar-refractivity contribution < 1.29 is 4.79 Å². The number of carbonyl (C=O) groups is 1. The van der Waals surface area contributed by atoms with Gasteiger partial charge in [-0.2, -0.15) is 0 Å². The monoisotopic (exact) mass is 338 g/mol. The highest BCUT2D eigenvalue weighted by Gasteiger charge is 2.23. The Morgan fingerprint density at radius 3 is 2.45 bits per heavy atom. The number of aryl methyl sites for hydroxylation is 3. The standard InChI is InChI=1S/C15H22N4OS2/c1-8-7-21-14(16-8)10(3)18-15(20)19(6)11(4)13-9(2)17-12(5)22-13/h7,10-11H,1-6H3,(H,18,20). The number of carbonyl (C=O) groups excluding carboxylic acids is 1. The Hall–Kier alpha value is -1.47. The number of nitrogens with one attached hydrogen (secondary N) is 1. The third kappa shape index (κ3) is 3.64. The number of hydrogen-bond donors (Lipinski definition) is 1. The minimum absolute atomic E-state index is 0.00330. The van der Waals surface area contributed by atoms with E-state index in [0.717, 1.165) is 26.3 Å². The largest absolute Gasteiger partial charge is 0.329 e. The van der Waals surface area contributed by atoms with Crippen molar-refractivity contribution in [1.82, 2.24) is 20.2 Å². The molecule has 0 aliphatic carbocycles. The molecule has 2 amide bonds. The van der Waals surface area contributed by atoms with E-state index >= 15 is 0 Å². The zero-order valence-corrected chi connectivity index (χ0v) is 15.4. The summed E-state index contributed by atoms with van der Waals surface area (Å²) in [6.07, 6.45) is 0. The highest BCUT2D eigenvalue weighted by Crippen LogP contribution is 2.28. The Morgan fingerprint density at radius 2 is 1.95 bits per heavy atom. The summed E-state index contributed by atoms with van der Waals surface area (Å²) in [4.78, 5) is 24.2. The van der Waals surface area contributed by atoms with Crippen LogP contribution in [0.5, 0.6) is 0 Å². The number of urea groups is 1. The van der Waals surface area contributed by atoms with Gasteiger partial charge in [-0.15, -0.1) is 22.7 Å². The molecule has 0 bridgehead atoms.